The molecule has 0 spiro atoms. The molecule has 0 radical (unpaired) electrons. The Labute approximate surface area is 155 Å². The van der Waals surface area contributed by atoms with Gasteiger partial charge in [0.05, 0.1) is 6.04 Å². The zero-order chi connectivity index (χ0) is 18.9. The van der Waals surface area contributed by atoms with Crippen molar-refractivity contribution in [1.29, 1.82) is 0 Å². The monoisotopic (exact) mass is 353 g/mol. The number of aryl methyl sites for hydroxylation is 2. The second-order valence-electron chi connectivity index (χ2n) is 7.75. The number of amides is 1. The Bertz CT molecular complexity index is 793. The minimum Gasteiger partial charge on any atom is -0.487 e. The van der Waals surface area contributed by atoms with E-state index in [-0.39, 0.29) is 17.6 Å². The predicted octanol–water partition coefficient (Wildman–Crippen LogP) is 4.49. The van der Waals surface area contributed by atoms with E-state index < -0.39 is 6.10 Å². The number of carbonyl (C=O) groups is 1. The molecular formula is C22H27NO3. The van der Waals surface area contributed by atoms with E-state index in [4.69, 9.17) is 9.47 Å². The molecule has 26 heavy (non-hydrogen) atoms. The average Bonchev–Trinajstić information content (AvgIpc) is 2.52. The number of ether oxygens (including phenoxy) is 2. The van der Waals surface area contributed by atoms with Gasteiger partial charge in [0.1, 0.15) is 17.1 Å². The van der Waals surface area contributed by atoms with Gasteiger partial charge in [0.15, 0.2) is 6.10 Å². The van der Waals surface area contributed by atoms with Crippen LogP contribution in [0.25, 0.3) is 0 Å². The number of hydrogen-bond donors (Lipinski definition) is 1. The van der Waals surface area contributed by atoms with Crippen molar-refractivity contribution < 1.29 is 14.3 Å². The van der Waals surface area contributed by atoms with Crippen molar-refractivity contribution >= 4 is 5.91 Å². The van der Waals surface area contributed by atoms with Crippen LogP contribution >= 0.6 is 0 Å². The van der Waals surface area contributed by atoms with E-state index in [9.17, 15) is 4.79 Å². The van der Waals surface area contributed by atoms with Crippen LogP contribution in [0.2, 0.25) is 0 Å². The quantitative estimate of drug-likeness (QED) is 0.881. The topological polar surface area (TPSA) is 47.6 Å². The fourth-order valence-electron chi connectivity index (χ4n) is 3.48. The van der Waals surface area contributed by atoms with Crippen molar-refractivity contribution in [3.63, 3.8) is 0 Å². The fraction of sp³-hybridized carbons (Fsp3) is 0.409. The van der Waals surface area contributed by atoms with E-state index in [1.165, 1.54) is 0 Å². The number of carbonyl (C=O) groups excluding carboxylic acids is 1. The summed E-state index contributed by atoms with van der Waals surface area (Å²) >= 11 is 0. The number of benzene rings is 2. The zero-order valence-corrected chi connectivity index (χ0v) is 16.1. The van der Waals surface area contributed by atoms with Crippen LogP contribution < -0.4 is 14.8 Å². The van der Waals surface area contributed by atoms with E-state index in [0.29, 0.717) is 6.42 Å². The molecule has 1 aliphatic rings. The second-order valence-corrected chi connectivity index (χ2v) is 7.75. The third kappa shape index (κ3) is 4.18. The van der Waals surface area contributed by atoms with Crippen LogP contribution in [0.4, 0.5) is 0 Å². The minimum absolute atomic E-state index is 0.0901. The highest BCUT2D eigenvalue weighted by Crippen LogP contribution is 2.39. The average molecular weight is 353 g/mol. The van der Waals surface area contributed by atoms with Gasteiger partial charge in [-0.3, -0.25) is 4.79 Å². The minimum atomic E-state index is -0.575. The van der Waals surface area contributed by atoms with E-state index in [0.717, 1.165) is 28.2 Å². The van der Waals surface area contributed by atoms with E-state index in [2.05, 4.69) is 11.4 Å². The number of hydrogen-bond acceptors (Lipinski definition) is 3. The van der Waals surface area contributed by atoms with E-state index in [1.807, 2.05) is 64.1 Å². The van der Waals surface area contributed by atoms with Crippen molar-refractivity contribution in [3.8, 4) is 11.5 Å². The lowest BCUT2D eigenvalue weighted by Crippen LogP contribution is -2.44. The molecule has 1 amide bonds. The molecule has 0 bridgehead atoms. The summed E-state index contributed by atoms with van der Waals surface area (Å²) in [5.74, 6) is 1.43. The highest BCUT2D eigenvalue weighted by atomic mass is 16.5. The first-order valence-electron chi connectivity index (χ1n) is 9.07. The van der Waals surface area contributed by atoms with Crippen LogP contribution in [0.3, 0.4) is 0 Å². The molecule has 3 rings (SSSR count). The molecule has 1 aliphatic heterocycles. The third-order valence-corrected chi connectivity index (χ3v) is 4.57. The van der Waals surface area contributed by atoms with E-state index in [1.54, 1.807) is 6.92 Å². The summed E-state index contributed by atoms with van der Waals surface area (Å²) < 4.78 is 11.9. The van der Waals surface area contributed by atoms with Gasteiger partial charge >= 0.3 is 0 Å². The smallest absolute Gasteiger partial charge is 0.261 e. The van der Waals surface area contributed by atoms with Crippen LogP contribution in [0.5, 0.6) is 11.5 Å². The molecule has 0 unspecified atom stereocenters. The van der Waals surface area contributed by atoms with Gasteiger partial charge in [-0.15, -0.1) is 0 Å². The van der Waals surface area contributed by atoms with Gasteiger partial charge < -0.3 is 14.8 Å². The van der Waals surface area contributed by atoms with Gasteiger partial charge in [-0.25, -0.2) is 0 Å². The highest BCUT2D eigenvalue weighted by Gasteiger charge is 2.35. The van der Waals surface area contributed by atoms with Crippen molar-refractivity contribution in [1.82, 2.24) is 5.32 Å². The van der Waals surface area contributed by atoms with Gasteiger partial charge in [0, 0.05) is 12.0 Å². The number of rotatable bonds is 4. The summed E-state index contributed by atoms with van der Waals surface area (Å²) in [6.07, 6.45) is 0.140. The molecule has 4 heteroatoms. The SMILES string of the molecule is Cc1cc(C)cc(O[C@@H](C)C(=O)N[C@@H]2CC(C)(C)Oc3ccccc32)c1. The molecule has 2 atom stereocenters. The lowest BCUT2D eigenvalue weighted by atomic mass is 9.89. The predicted molar refractivity (Wildman–Crippen MR) is 103 cm³/mol. The lowest BCUT2D eigenvalue weighted by molar-refractivity contribution is -0.128. The summed E-state index contributed by atoms with van der Waals surface area (Å²) in [4.78, 5) is 12.7. The van der Waals surface area contributed by atoms with Gasteiger partial charge in [-0.1, -0.05) is 24.3 Å². The molecule has 1 heterocycles. The zero-order valence-electron chi connectivity index (χ0n) is 16.1. The molecule has 0 saturated carbocycles. The maximum Gasteiger partial charge on any atom is 0.261 e. The molecule has 2 aromatic rings. The van der Waals surface area contributed by atoms with Crippen LogP contribution in [0, 0.1) is 13.8 Å². The van der Waals surface area contributed by atoms with Gasteiger partial charge in [0.25, 0.3) is 5.91 Å². The van der Waals surface area contributed by atoms with Crippen molar-refractivity contribution in [2.45, 2.75) is 58.8 Å². The molecule has 2 aromatic carbocycles. The van der Waals surface area contributed by atoms with Gasteiger partial charge in [0.2, 0.25) is 0 Å². The first-order valence-corrected chi connectivity index (χ1v) is 9.07. The standard InChI is InChI=1S/C22H27NO3/c1-14-10-15(2)12-17(11-14)25-16(3)21(24)23-19-13-22(4,5)26-20-9-7-6-8-18(19)20/h6-12,16,19H,13H2,1-5H3,(H,23,24)/t16-,19+/m0/s1. The first-order chi connectivity index (χ1) is 12.2. The van der Waals surface area contributed by atoms with Crippen LogP contribution in [-0.2, 0) is 4.79 Å². The van der Waals surface area contributed by atoms with Crippen LogP contribution in [0.1, 0.15) is 49.9 Å². The Morgan fingerprint density at radius 1 is 1.19 bits per heavy atom. The largest absolute Gasteiger partial charge is 0.487 e. The molecule has 138 valence electrons. The molecule has 4 nitrogen and oxygen atoms in total. The summed E-state index contributed by atoms with van der Waals surface area (Å²) in [6.45, 7) is 9.90. The second kappa shape index (κ2) is 7.02. The Kier molecular flexibility index (Phi) is 4.94. The number of nitrogens with one attached hydrogen (secondary N) is 1. The summed E-state index contributed by atoms with van der Waals surface area (Å²) in [7, 11) is 0. The van der Waals surface area contributed by atoms with Crippen LogP contribution in [-0.4, -0.2) is 17.6 Å². The van der Waals surface area contributed by atoms with Crippen LogP contribution in [0.15, 0.2) is 42.5 Å². The maximum absolute atomic E-state index is 12.7. The summed E-state index contributed by atoms with van der Waals surface area (Å²) in [5, 5.41) is 3.14. The fourth-order valence-corrected chi connectivity index (χ4v) is 3.48. The molecule has 0 aromatic heterocycles. The molecule has 1 N–H and O–H groups in total. The van der Waals surface area contributed by atoms with Crippen molar-refractivity contribution in [2.75, 3.05) is 0 Å². The molecule has 0 fully saturated rings. The Morgan fingerprint density at radius 2 is 1.85 bits per heavy atom. The molecular weight excluding hydrogens is 326 g/mol. The first kappa shape index (κ1) is 18.3. The van der Waals surface area contributed by atoms with Gasteiger partial charge in [-0.05, 0) is 63.9 Å². The van der Waals surface area contributed by atoms with Crippen molar-refractivity contribution in [3.05, 3.63) is 59.2 Å². The Hall–Kier alpha value is -2.49. The summed E-state index contributed by atoms with van der Waals surface area (Å²) in [5.41, 5.74) is 2.92. The lowest BCUT2D eigenvalue weighted by Gasteiger charge is -2.38. The molecule has 0 saturated heterocycles. The van der Waals surface area contributed by atoms with E-state index >= 15 is 0 Å². The number of fused-ring (bicyclic) bond motifs is 1. The molecule has 0 aliphatic carbocycles. The highest BCUT2D eigenvalue weighted by molar-refractivity contribution is 5.81. The third-order valence-electron chi connectivity index (χ3n) is 4.57. The van der Waals surface area contributed by atoms with Gasteiger partial charge in [-0.2, -0.15) is 0 Å². The normalized spacial score (nSPS) is 19.0. The maximum atomic E-state index is 12.7. The van der Waals surface area contributed by atoms with Crippen molar-refractivity contribution in [2.24, 2.45) is 0 Å². The summed E-state index contributed by atoms with van der Waals surface area (Å²) in [6, 6.07) is 13.8. The Balaban J connectivity index is 1.72. The Morgan fingerprint density at radius 3 is 2.54 bits per heavy atom. The number of para-hydroxylation sites is 1.